The fraction of sp³-hybridized carbons (Fsp3) is 0.333. The van der Waals surface area contributed by atoms with Gasteiger partial charge in [0.2, 0.25) is 0 Å². The summed E-state index contributed by atoms with van der Waals surface area (Å²) in [5, 5.41) is 7.88. The lowest BCUT2D eigenvalue weighted by molar-refractivity contribution is 0.0955. The average Bonchev–Trinajstić information content (AvgIpc) is 3.14. The van der Waals surface area contributed by atoms with Crippen LogP contribution < -0.4 is 5.32 Å². The van der Waals surface area contributed by atoms with Crippen LogP contribution >= 0.6 is 11.3 Å². The van der Waals surface area contributed by atoms with E-state index in [0.717, 1.165) is 21.7 Å². The summed E-state index contributed by atoms with van der Waals surface area (Å²) in [6, 6.07) is 6.47. The number of nitrogens with one attached hydrogen (secondary N) is 1. The SMILES string of the molecule is COCCn1nc(C)c(CNC(=O)c2cc3c(F)cccc3s2)c1C. The summed E-state index contributed by atoms with van der Waals surface area (Å²) in [4.78, 5) is 12.9. The third-order valence-corrected chi connectivity index (χ3v) is 5.30. The first-order valence-electron chi connectivity index (χ1n) is 7.99. The van der Waals surface area contributed by atoms with Crippen molar-refractivity contribution in [2.45, 2.75) is 26.9 Å². The molecular formula is C18H20FN3O2S. The van der Waals surface area contributed by atoms with Gasteiger partial charge in [0.05, 0.1) is 23.7 Å². The molecule has 1 N–H and O–H groups in total. The largest absolute Gasteiger partial charge is 0.383 e. The van der Waals surface area contributed by atoms with Gasteiger partial charge in [-0.25, -0.2) is 4.39 Å². The van der Waals surface area contributed by atoms with Crippen molar-refractivity contribution in [2.24, 2.45) is 0 Å². The Balaban J connectivity index is 1.73. The molecule has 0 aliphatic carbocycles. The number of ether oxygens (including phenoxy) is 1. The van der Waals surface area contributed by atoms with Crippen LogP contribution in [-0.4, -0.2) is 29.4 Å². The lowest BCUT2D eigenvalue weighted by Crippen LogP contribution is -2.22. The van der Waals surface area contributed by atoms with Crippen molar-refractivity contribution < 1.29 is 13.9 Å². The van der Waals surface area contributed by atoms with Crippen LogP contribution in [0, 0.1) is 19.7 Å². The van der Waals surface area contributed by atoms with Gasteiger partial charge < -0.3 is 10.1 Å². The number of carbonyl (C=O) groups excluding carboxylic acids is 1. The number of carbonyl (C=O) groups is 1. The van der Waals surface area contributed by atoms with Crippen LogP contribution in [0.25, 0.3) is 10.1 Å². The summed E-state index contributed by atoms with van der Waals surface area (Å²) in [6.07, 6.45) is 0. The van der Waals surface area contributed by atoms with E-state index in [1.54, 1.807) is 19.2 Å². The van der Waals surface area contributed by atoms with Crippen LogP contribution in [0.5, 0.6) is 0 Å². The number of aryl methyl sites for hydroxylation is 1. The zero-order valence-electron chi connectivity index (χ0n) is 14.4. The van der Waals surface area contributed by atoms with Crippen molar-refractivity contribution in [3.8, 4) is 0 Å². The highest BCUT2D eigenvalue weighted by atomic mass is 32.1. The highest BCUT2D eigenvalue weighted by molar-refractivity contribution is 7.20. The Morgan fingerprint density at radius 3 is 2.92 bits per heavy atom. The predicted molar refractivity (Wildman–Crippen MR) is 96.5 cm³/mol. The van der Waals surface area contributed by atoms with Crippen LogP contribution in [0.3, 0.4) is 0 Å². The number of amides is 1. The molecule has 1 aromatic carbocycles. The van der Waals surface area contributed by atoms with Gasteiger partial charge in [0.15, 0.2) is 0 Å². The van der Waals surface area contributed by atoms with Crippen LogP contribution in [0.15, 0.2) is 24.3 Å². The average molecular weight is 361 g/mol. The van der Waals surface area contributed by atoms with Crippen LogP contribution in [-0.2, 0) is 17.8 Å². The van der Waals surface area contributed by atoms with Gasteiger partial charge in [-0.3, -0.25) is 9.48 Å². The van der Waals surface area contributed by atoms with Gasteiger partial charge in [0.1, 0.15) is 5.82 Å². The third kappa shape index (κ3) is 3.57. The zero-order chi connectivity index (χ0) is 18.0. The molecule has 5 nitrogen and oxygen atoms in total. The molecule has 0 bridgehead atoms. The molecule has 0 saturated heterocycles. The molecule has 0 atom stereocenters. The highest BCUT2D eigenvalue weighted by Gasteiger charge is 2.15. The minimum Gasteiger partial charge on any atom is -0.383 e. The monoisotopic (exact) mass is 361 g/mol. The van der Waals surface area contributed by atoms with E-state index < -0.39 is 0 Å². The maximum Gasteiger partial charge on any atom is 0.261 e. The summed E-state index contributed by atoms with van der Waals surface area (Å²) >= 11 is 1.29. The smallest absolute Gasteiger partial charge is 0.261 e. The molecule has 25 heavy (non-hydrogen) atoms. The number of fused-ring (bicyclic) bond motifs is 1. The van der Waals surface area contributed by atoms with Crippen molar-refractivity contribution in [3.05, 3.63) is 51.9 Å². The number of benzene rings is 1. The molecule has 1 amide bonds. The summed E-state index contributed by atoms with van der Waals surface area (Å²) < 4.78 is 21.5. The highest BCUT2D eigenvalue weighted by Crippen LogP contribution is 2.27. The first kappa shape index (κ1) is 17.6. The normalized spacial score (nSPS) is 11.2. The van der Waals surface area contributed by atoms with E-state index in [-0.39, 0.29) is 11.7 Å². The number of hydrogen-bond acceptors (Lipinski definition) is 4. The van der Waals surface area contributed by atoms with Crippen molar-refractivity contribution in [1.29, 1.82) is 0 Å². The number of hydrogen-bond donors (Lipinski definition) is 1. The van der Waals surface area contributed by atoms with Crippen molar-refractivity contribution in [1.82, 2.24) is 15.1 Å². The molecule has 0 saturated carbocycles. The molecule has 2 heterocycles. The van der Waals surface area contributed by atoms with E-state index in [1.165, 1.54) is 17.4 Å². The molecule has 0 radical (unpaired) electrons. The Morgan fingerprint density at radius 2 is 2.20 bits per heavy atom. The number of methoxy groups -OCH3 is 1. The minimum absolute atomic E-state index is 0.205. The van der Waals surface area contributed by atoms with E-state index in [9.17, 15) is 9.18 Å². The molecule has 2 aromatic heterocycles. The van der Waals surface area contributed by atoms with Crippen LogP contribution in [0.1, 0.15) is 26.6 Å². The first-order chi connectivity index (χ1) is 12.0. The standard InChI is InChI=1S/C18H20FN3O2S/c1-11-14(12(2)22(21-11)7-8-24-3)10-20-18(23)17-9-13-15(19)5-4-6-16(13)25-17/h4-6,9H,7-8,10H2,1-3H3,(H,20,23). The number of nitrogens with zero attached hydrogens (tertiary/aromatic N) is 2. The van der Waals surface area contributed by atoms with Gasteiger partial charge in [0, 0.05) is 35.0 Å². The van der Waals surface area contributed by atoms with Gasteiger partial charge in [-0.2, -0.15) is 5.10 Å². The van der Waals surface area contributed by atoms with Gasteiger partial charge >= 0.3 is 0 Å². The predicted octanol–water partition coefficient (Wildman–Crippen LogP) is 3.43. The Hall–Kier alpha value is -2.25. The second-order valence-corrected chi connectivity index (χ2v) is 6.89. The van der Waals surface area contributed by atoms with E-state index in [4.69, 9.17) is 4.74 Å². The molecule has 0 aliphatic heterocycles. The zero-order valence-corrected chi connectivity index (χ0v) is 15.2. The summed E-state index contributed by atoms with van der Waals surface area (Å²) in [6.45, 7) is 5.55. The van der Waals surface area contributed by atoms with Gasteiger partial charge in [-0.1, -0.05) is 6.07 Å². The molecule has 0 spiro atoms. The Bertz CT molecular complexity index is 917. The van der Waals surface area contributed by atoms with Crippen LogP contribution in [0.4, 0.5) is 4.39 Å². The lowest BCUT2D eigenvalue weighted by atomic mass is 10.2. The number of thiophene rings is 1. The second-order valence-electron chi connectivity index (χ2n) is 5.81. The molecule has 0 fully saturated rings. The molecule has 132 valence electrons. The molecular weight excluding hydrogens is 341 g/mol. The molecule has 3 aromatic rings. The fourth-order valence-corrected chi connectivity index (χ4v) is 3.77. The first-order valence-corrected chi connectivity index (χ1v) is 8.81. The van der Waals surface area contributed by atoms with E-state index >= 15 is 0 Å². The van der Waals surface area contributed by atoms with E-state index in [0.29, 0.717) is 30.0 Å². The molecule has 3 rings (SSSR count). The lowest BCUT2D eigenvalue weighted by Gasteiger charge is -2.06. The Morgan fingerprint density at radius 1 is 1.40 bits per heavy atom. The van der Waals surface area contributed by atoms with Crippen molar-refractivity contribution >= 4 is 27.3 Å². The quantitative estimate of drug-likeness (QED) is 0.732. The van der Waals surface area contributed by atoms with Gasteiger partial charge in [0.25, 0.3) is 5.91 Å². The number of rotatable bonds is 6. The minimum atomic E-state index is -0.307. The third-order valence-electron chi connectivity index (χ3n) is 4.20. The summed E-state index contributed by atoms with van der Waals surface area (Å²) in [5.74, 6) is -0.511. The van der Waals surface area contributed by atoms with Crippen molar-refractivity contribution in [2.75, 3.05) is 13.7 Å². The van der Waals surface area contributed by atoms with Crippen molar-refractivity contribution in [3.63, 3.8) is 0 Å². The second kappa shape index (κ2) is 7.33. The summed E-state index contributed by atoms with van der Waals surface area (Å²) in [5.41, 5.74) is 2.89. The van der Waals surface area contributed by atoms with E-state index in [1.807, 2.05) is 24.6 Å². The fourth-order valence-electron chi connectivity index (χ4n) is 2.78. The molecule has 0 aliphatic rings. The number of aromatic nitrogens is 2. The van der Waals surface area contributed by atoms with Gasteiger partial charge in [-0.15, -0.1) is 11.3 Å². The maximum atomic E-state index is 13.8. The van der Waals surface area contributed by atoms with E-state index in [2.05, 4.69) is 10.4 Å². The van der Waals surface area contributed by atoms with Crippen LogP contribution in [0.2, 0.25) is 0 Å². The maximum absolute atomic E-state index is 13.8. The Kier molecular flexibility index (Phi) is 5.15. The Labute approximate surface area is 149 Å². The number of halogens is 1. The summed E-state index contributed by atoms with van der Waals surface area (Å²) in [7, 11) is 1.65. The molecule has 7 heteroatoms. The topological polar surface area (TPSA) is 56.1 Å². The molecule has 0 unspecified atom stereocenters. The van der Waals surface area contributed by atoms with Gasteiger partial charge in [-0.05, 0) is 32.0 Å².